The summed E-state index contributed by atoms with van der Waals surface area (Å²) in [6.07, 6.45) is 0. The van der Waals surface area contributed by atoms with Crippen LogP contribution in [0.3, 0.4) is 0 Å². The minimum Gasteiger partial charge on any atom is -0.143 e. The molecule has 2 rings (SSSR count). The molecule has 23 heavy (non-hydrogen) atoms. The van der Waals surface area contributed by atoms with Crippen LogP contribution in [0, 0.1) is 0 Å². The van der Waals surface area contributed by atoms with Crippen molar-refractivity contribution in [2.75, 3.05) is 0 Å². The number of halogens is 2. The molecule has 0 aromatic heterocycles. The van der Waals surface area contributed by atoms with E-state index in [9.17, 15) is 0 Å². The van der Waals surface area contributed by atoms with Crippen molar-refractivity contribution in [1.29, 1.82) is 0 Å². The van der Waals surface area contributed by atoms with E-state index in [0.717, 1.165) is 0 Å². The van der Waals surface area contributed by atoms with Gasteiger partial charge in [0.2, 0.25) is 0 Å². The van der Waals surface area contributed by atoms with Crippen molar-refractivity contribution >= 4 is 28.9 Å². The Balaban J connectivity index is 2.80. The van der Waals surface area contributed by atoms with Crippen molar-refractivity contribution in [3.8, 4) is 0 Å². The maximum atomic E-state index is 7.44. The van der Waals surface area contributed by atoms with Crippen molar-refractivity contribution in [3.05, 3.63) is 44.6 Å². The molecule has 0 aromatic carbocycles. The lowest BCUT2D eigenvalue weighted by atomic mass is 9.96. The molecule has 0 atom stereocenters. The smallest absolute Gasteiger partial charge is 0.143 e. The van der Waals surface area contributed by atoms with E-state index in [1.165, 1.54) is 44.6 Å². The molecule has 0 aliphatic heterocycles. The highest BCUT2D eigenvalue weighted by atomic mass is 35.7. The van der Waals surface area contributed by atoms with Gasteiger partial charge in [0.1, 0.15) is 0 Å². The van der Waals surface area contributed by atoms with Gasteiger partial charge in [0, 0.05) is 10.1 Å². The lowest BCUT2D eigenvalue weighted by molar-refractivity contribution is 0.730. The topological polar surface area (TPSA) is 0 Å². The molecule has 2 aliphatic rings. The predicted octanol–water partition coefficient (Wildman–Crippen LogP) is 7.80. The fraction of sp³-hybridized carbons (Fsp3) is 0.600. The molecule has 0 aromatic rings. The van der Waals surface area contributed by atoms with Gasteiger partial charge in [-0.3, -0.25) is 0 Å². The summed E-state index contributed by atoms with van der Waals surface area (Å²) in [6.45, 7) is 19.5. The van der Waals surface area contributed by atoms with Crippen LogP contribution in [-0.2, 0) is 0 Å². The normalized spacial score (nSPS) is 24.5. The van der Waals surface area contributed by atoms with Gasteiger partial charge >= 0.3 is 0 Å². The van der Waals surface area contributed by atoms with Gasteiger partial charge in [0.25, 0.3) is 6.69 Å². The summed E-state index contributed by atoms with van der Waals surface area (Å²) in [7, 11) is 0. The zero-order valence-corrected chi connectivity index (χ0v) is 18.8. The molecule has 0 unspecified atom stereocenters. The van der Waals surface area contributed by atoms with E-state index < -0.39 is 6.69 Å². The molecular weight excluding hydrogens is 339 g/mol. The first kappa shape index (κ1) is 19.1. The van der Waals surface area contributed by atoms with Crippen LogP contribution in [0.25, 0.3) is 0 Å². The summed E-state index contributed by atoms with van der Waals surface area (Å²) in [5.41, 5.74) is 10.9. The highest BCUT2D eigenvalue weighted by molar-refractivity contribution is 7.48. The van der Waals surface area contributed by atoms with Crippen LogP contribution in [0.2, 0.25) is 10.1 Å². The number of hydrogen-bond acceptors (Lipinski definition) is 0. The Hall–Kier alpha value is -0.243. The first-order valence-electron chi connectivity index (χ1n) is 8.38. The quantitative estimate of drug-likeness (QED) is 0.344. The lowest BCUT2D eigenvalue weighted by Gasteiger charge is -2.49. The van der Waals surface area contributed by atoms with E-state index in [1.54, 1.807) is 0 Å². The van der Waals surface area contributed by atoms with Crippen LogP contribution in [0.1, 0.15) is 69.2 Å². The zero-order valence-electron chi connectivity index (χ0n) is 16.3. The Bertz CT molecular complexity index is 606. The minimum absolute atomic E-state index is 0.230. The molecule has 2 aliphatic carbocycles. The van der Waals surface area contributed by atoms with Gasteiger partial charge in [-0.1, -0.05) is 36.1 Å². The van der Waals surface area contributed by atoms with Crippen molar-refractivity contribution < 1.29 is 0 Å². The van der Waals surface area contributed by atoms with Crippen LogP contribution < -0.4 is 0 Å². The molecule has 0 N–H and O–H groups in total. The van der Waals surface area contributed by atoms with Crippen molar-refractivity contribution in [3.63, 3.8) is 0 Å². The van der Waals surface area contributed by atoms with Gasteiger partial charge in [-0.15, -0.1) is 22.2 Å². The largest absolute Gasteiger partial charge is 0.278 e. The molecule has 0 spiro atoms. The van der Waals surface area contributed by atoms with Gasteiger partial charge in [-0.05, 0) is 77.7 Å². The van der Waals surface area contributed by atoms with Gasteiger partial charge in [-0.2, -0.15) is 0 Å². The van der Waals surface area contributed by atoms with Crippen LogP contribution >= 0.6 is 22.2 Å². The van der Waals surface area contributed by atoms with Crippen molar-refractivity contribution in [2.45, 2.75) is 79.3 Å². The monoisotopic (exact) mass is 368 g/mol. The van der Waals surface area contributed by atoms with E-state index in [0.29, 0.717) is 0 Å². The second-order valence-corrected chi connectivity index (χ2v) is 15.0. The molecule has 0 fully saturated rings. The first-order valence-corrected chi connectivity index (χ1v) is 12.4. The third-order valence-electron chi connectivity index (χ3n) is 7.63. The van der Waals surface area contributed by atoms with E-state index in [2.05, 4.69) is 69.2 Å². The van der Waals surface area contributed by atoms with Gasteiger partial charge in [-0.25, -0.2) is 0 Å². The Labute approximate surface area is 152 Å². The summed E-state index contributed by atoms with van der Waals surface area (Å²) < 4.78 is 0. The maximum absolute atomic E-state index is 7.44. The van der Waals surface area contributed by atoms with Gasteiger partial charge in [0.05, 0.1) is 0 Å². The Morgan fingerprint density at radius 3 is 0.870 bits per heavy atom. The van der Waals surface area contributed by atoms with Gasteiger partial charge < -0.3 is 0 Å². The first-order chi connectivity index (χ1) is 10.3. The van der Waals surface area contributed by atoms with Crippen molar-refractivity contribution in [1.82, 2.24) is 0 Å². The maximum Gasteiger partial charge on any atom is 0.278 e. The Kier molecular flexibility index (Phi) is 4.46. The van der Waals surface area contributed by atoms with E-state index in [4.69, 9.17) is 22.2 Å². The standard InChI is InChI=1S/C20H30Cl2Si/c1-11-12(2)16(6)19(9,15(11)5)23(21,22)20(10)17(7)13(3)14(4)18(20)8/h1-10H3. The minimum atomic E-state index is -2.79. The lowest BCUT2D eigenvalue weighted by Crippen LogP contribution is -2.48. The second-order valence-electron chi connectivity index (χ2n) is 7.82. The third-order valence-corrected chi connectivity index (χ3v) is 16.2. The molecule has 0 heterocycles. The molecule has 3 heteroatoms. The average Bonchev–Trinajstić information content (AvgIpc) is 2.76. The van der Waals surface area contributed by atoms with Gasteiger partial charge in [0.15, 0.2) is 0 Å². The summed E-state index contributed by atoms with van der Waals surface area (Å²) in [6, 6.07) is 0. The fourth-order valence-electron chi connectivity index (χ4n) is 4.63. The predicted molar refractivity (Wildman–Crippen MR) is 108 cm³/mol. The molecule has 0 bridgehead atoms. The molecular formula is C20H30Cl2Si. The summed E-state index contributed by atoms with van der Waals surface area (Å²) >= 11 is 14.9. The Morgan fingerprint density at radius 2 is 0.696 bits per heavy atom. The average molecular weight is 369 g/mol. The highest BCUT2D eigenvalue weighted by Gasteiger charge is 2.65. The highest BCUT2D eigenvalue weighted by Crippen LogP contribution is 2.72. The summed E-state index contributed by atoms with van der Waals surface area (Å²) in [5, 5.41) is -0.459. The molecule has 0 nitrogen and oxygen atoms in total. The van der Waals surface area contributed by atoms with Crippen LogP contribution in [0.15, 0.2) is 44.6 Å². The van der Waals surface area contributed by atoms with E-state index >= 15 is 0 Å². The summed E-state index contributed by atoms with van der Waals surface area (Å²) in [5.74, 6) is 0. The van der Waals surface area contributed by atoms with Crippen LogP contribution in [-0.4, -0.2) is 6.69 Å². The van der Waals surface area contributed by atoms with E-state index in [-0.39, 0.29) is 10.1 Å². The van der Waals surface area contributed by atoms with Crippen LogP contribution in [0.5, 0.6) is 0 Å². The molecule has 128 valence electrons. The molecule has 0 saturated heterocycles. The number of hydrogen-bond donors (Lipinski definition) is 0. The fourth-order valence-corrected chi connectivity index (χ4v) is 11.7. The third kappa shape index (κ3) is 1.96. The Morgan fingerprint density at radius 1 is 0.522 bits per heavy atom. The zero-order chi connectivity index (χ0) is 18.1. The summed E-state index contributed by atoms with van der Waals surface area (Å²) in [4.78, 5) is 0. The second kappa shape index (κ2) is 5.38. The number of allylic oxidation sites excluding steroid dienone is 8. The van der Waals surface area contributed by atoms with Crippen LogP contribution in [0.4, 0.5) is 0 Å². The molecule has 0 amide bonds. The molecule has 0 saturated carbocycles. The SMILES string of the molecule is CC1=C(C)C(C)([Si](Cl)(Cl)C2(C)C(C)=C(C)C(C)=C2C)C(C)=C1C. The molecule has 0 radical (unpaired) electrons. The van der Waals surface area contributed by atoms with E-state index in [1.807, 2.05) is 0 Å². The number of rotatable bonds is 2. The van der Waals surface area contributed by atoms with Crippen molar-refractivity contribution in [2.24, 2.45) is 0 Å².